The Morgan fingerprint density at radius 1 is 1.07 bits per heavy atom. The van der Waals surface area contributed by atoms with Crippen molar-refractivity contribution in [2.75, 3.05) is 29.9 Å². The lowest BCUT2D eigenvalue weighted by Crippen LogP contribution is -2.55. The van der Waals surface area contributed by atoms with E-state index in [1.165, 1.54) is 0 Å². The molecule has 9 heteroatoms. The summed E-state index contributed by atoms with van der Waals surface area (Å²) in [5.74, 6) is -1.44. The van der Waals surface area contributed by atoms with Crippen LogP contribution in [-0.4, -0.2) is 69.5 Å². The van der Waals surface area contributed by atoms with Crippen LogP contribution < -0.4 is 15.5 Å². The summed E-state index contributed by atoms with van der Waals surface area (Å²) >= 11 is 1.65. The number of fused-ring (bicyclic) bond motifs is 1. The lowest BCUT2D eigenvalue weighted by atomic mass is 9.70. The molecule has 0 aromatic heterocycles. The van der Waals surface area contributed by atoms with Gasteiger partial charge in [0.2, 0.25) is 17.7 Å². The fourth-order valence-electron chi connectivity index (χ4n) is 7.36. The third kappa shape index (κ3) is 5.53. The first-order chi connectivity index (χ1) is 20.2. The molecule has 0 aliphatic carbocycles. The van der Waals surface area contributed by atoms with Crippen LogP contribution in [0.5, 0.6) is 0 Å². The highest BCUT2D eigenvalue weighted by atomic mass is 32.2. The summed E-state index contributed by atoms with van der Waals surface area (Å²) in [6.45, 7) is 10.3. The number of amides is 3. The highest BCUT2D eigenvalue weighted by molar-refractivity contribution is 8.02. The molecule has 3 amide bonds. The molecule has 2 bridgehead atoms. The maximum Gasteiger partial charge on any atom is 0.248 e. The largest absolute Gasteiger partial charge is 0.394 e. The first-order valence-electron chi connectivity index (χ1n) is 15.3. The number of carbonyl (C=O) groups is 3. The van der Waals surface area contributed by atoms with Gasteiger partial charge in [-0.25, -0.2) is 0 Å². The first kappa shape index (κ1) is 30.4. The Bertz CT molecular complexity index is 1270. The van der Waals surface area contributed by atoms with Crippen molar-refractivity contribution in [1.82, 2.24) is 10.2 Å². The van der Waals surface area contributed by atoms with E-state index in [2.05, 4.69) is 43.2 Å². The van der Waals surface area contributed by atoms with Gasteiger partial charge in [0.05, 0.1) is 29.2 Å². The second-order valence-electron chi connectivity index (χ2n) is 12.2. The zero-order valence-corrected chi connectivity index (χ0v) is 25.9. The number of aliphatic hydroxyl groups excluding tert-OH is 1. The molecule has 8 nitrogen and oxygen atoms in total. The molecule has 2 aromatic rings. The Balaban J connectivity index is 1.43. The number of hydrogen-bond acceptors (Lipinski definition) is 6. The molecule has 1 spiro atoms. The Labute approximate surface area is 253 Å². The van der Waals surface area contributed by atoms with Crippen LogP contribution in [0, 0.1) is 17.8 Å². The summed E-state index contributed by atoms with van der Waals surface area (Å²) in [6, 6.07) is 16.3. The molecule has 3 saturated heterocycles. The zero-order valence-electron chi connectivity index (χ0n) is 25.1. The van der Waals surface area contributed by atoms with Gasteiger partial charge in [-0.2, -0.15) is 0 Å². The van der Waals surface area contributed by atoms with Crippen molar-refractivity contribution in [2.24, 2.45) is 17.8 Å². The average Bonchev–Trinajstić information content (AvgIpc) is 3.64. The molecule has 3 fully saturated rings. The van der Waals surface area contributed by atoms with Crippen molar-refractivity contribution >= 4 is 40.9 Å². The minimum Gasteiger partial charge on any atom is -0.394 e. The second kappa shape index (κ2) is 12.7. The van der Waals surface area contributed by atoms with Crippen molar-refractivity contribution in [3.05, 3.63) is 60.2 Å². The average molecular weight is 593 g/mol. The molecule has 42 heavy (non-hydrogen) atoms. The van der Waals surface area contributed by atoms with Crippen molar-refractivity contribution < 1.29 is 19.5 Å². The van der Waals surface area contributed by atoms with Crippen molar-refractivity contribution in [3.63, 3.8) is 0 Å². The molecule has 3 aliphatic heterocycles. The first-order valence-corrected chi connectivity index (χ1v) is 16.2. The van der Waals surface area contributed by atoms with Gasteiger partial charge < -0.3 is 25.5 Å². The number of anilines is 2. The number of thioether (sulfide) groups is 1. The molecule has 3 aliphatic rings. The van der Waals surface area contributed by atoms with E-state index in [1.54, 1.807) is 16.7 Å². The van der Waals surface area contributed by atoms with E-state index in [-0.39, 0.29) is 35.5 Å². The predicted molar refractivity (Wildman–Crippen MR) is 168 cm³/mol. The lowest BCUT2D eigenvalue weighted by Gasteiger charge is -2.37. The molecule has 2 aromatic carbocycles. The number of nitrogens with zero attached hydrogens (tertiary/aromatic N) is 2. The maximum absolute atomic E-state index is 14.3. The van der Waals surface area contributed by atoms with Gasteiger partial charge in [0.15, 0.2) is 0 Å². The van der Waals surface area contributed by atoms with Gasteiger partial charge in [-0.1, -0.05) is 44.2 Å². The van der Waals surface area contributed by atoms with E-state index in [1.807, 2.05) is 54.6 Å². The van der Waals surface area contributed by atoms with Gasteiger partial charge in [0, 0.05) is 36.3 Å². The smallest absolute Gasteiger partial charge is 0.248 e. The highest BCUT2D eigenvalue weighted by Gasteiger charge is 2.74. The fraction of sp³-hybridized carbons (Fsp3) is 0.545. The van der Waals surface area contributed by atoms with E-state index >= 15 is 0 Å². The Morgan fingerprint density at radius 3 is 2.38 bits per heavy atom. The van der Waals surface area contributed by atoms with E-state index in [0.717, 1.165) is 30.8 Å². The molecule has 3 N–H and O–H groups in total. The number of likely N-dealkylation sites (tertiary alicyclic amines) is 1. The number of rotatable bonds is 12. The Morgan fingerprint density at radius 2 is 1.76 bits per heavy atom. The minimum atomic E-state index is -0.768. The van der Waals surface area contributed by atoms with Crippen LogP contribution in [0.3, 0.4) is 0 Å². The summed E-state index contributed by atoms with van der Waals surface area (Å²) in [5.41, 5.74) is 2.75. The van der Waals surface area contributed by atoms with Gasteiger partial charge in [-0.15, -0.1) is 11.8 Å². The van der Waals surface area contributed by atoms with Crippen LogP contribution in [0.4, 0.5) is 11.4 Å². The van der Waals surface area contributed by atoms with E-state index < -0.39 is 28.7 Å². The van der Waals surface area contributed by atoms with Gasteiger partial charge in [-0.3, -0.25) is 14.4 Å². The number of nitrogens with one attached hydrogen (secondary N) is 2. The highest BCUT2D eigenvalue weighted by Crippen LogP contribution is 2.66. The minimum absolute atomic E-state index is 0.0156. The predicted octanol–water partition coefficient (Wildman–Crippen LogP) is 4.29. The van der Waals surface area contributed by atoms with Crippen LogP contribution in [0.2, 0.25) is 0 Å². The Kier molecular flexibility index (Phi) is 9.18. The molecule has 0 saturated carbocycles. The van der Waals surface area contributed by atoms with E-state index in [4.69, 9.17) is 0 Å². The number of benzene rings is 2. The summed E-state index contributed by atoms with van der Waals surface area (Å²) in [4.78, 5) is 46.1. The summed E-state index contributed by atoms with van der Waals surface area (Å²) in [7, 11) is 0. The third-order valence-corrected chi connectivity index (χ3v) is 11.2. The number of hydrogen-bond donors (Lipinski definition) is 3. The van der Waals surface area contributed by atoms with Gasteiger partial charge in [-0.05, 0) is 68.9 Å². The van der Waals surface area contributed by atoms with Crippen LogP contribution >= 0.6 is 11.8 Å². The Hall–Kier alpha value is -3.04. The van der Waals surface area contributed by atoms with Crippen LogP contribution in [-0.2, 0) is 20.9 Å². The van der Waals surface area contributed by atoms with Gasteiger partial charge in [0.25, 0.3) is 0 Å². The third-order valence-electron chi connectivity index (χ3n) is 9.21. The molecular weight excluding hydrogens is 548 g/mol. The topological polar surface area (TPSA) is 102 Å². The normalized spacial score (nSPS) is 26.8. The van der Waals surface area contributed by atoms with Crippen LogP contribution in [0.15, 0.2) is 54.6 Å². The fourth-order valence-corrected chi connectivity index (χ4v) is 9.57. The van der Waals surface area contributed by atoms with E-state index in [9.17, 15) is 19.5 Å². The zero-order chi connectivity index (χ0) is 30.0. The quantitative estimate of drug-likeness (QED) is 0.340. The van der Waals surface area contributed by atoms with Crippen LogP contribution in [0.1, 0.15) is 52.5 Å². The standard InChI is InChI=1S/C33H44N4O4S/c1-5-36(6-2)24-14-12-23(13-15-24)35-31(40)29-33-17-16-26(42-33)27(30(39)34-19-22-10-8-7-9-11-22)28(33)32(41)37(29)25(20-38)18-21(3)4/h7-15,21,25-29,38H,5-6,16-20H2,1-4H3,(H,34,39)(H,35,40)/t25-,26+,27-,28+,29?,33?/m1/s1. The SMILES string of the molecule is CCN(CC)c1ccc(NC(=O)C2N([C@@H](CO)CC(C)C)C(=O)[C@@H]3[C@H](C(=O)NCc4ccccc4)[C@@H]4CCC23S4)cc1. The molecular formula is C33H44N4O4S. The monoisotopic (exact) mass is 592 g/mol. The van der Waals surface area contributed by atoms with Crippen molar-refractivity contribution in [2.45, 2.75) is 75.6 Å². The lowest BCUT2D eigenvalue weighted by molar-refractivity contribution is -0.142. The molecule has 226 valence electrons. The van der Waals surface area contributed by atoms with Crippen molar-refractivity contribution in [3.8, 4) is 0 Å². The second-order valence-corrected chi connectivity index (χ2v) is 13.8. The molecule has 3 heterocycles. The molecule has 6 atom stereocenters. The van der Waals surface area contributed by atoms with E-state index in [0.29, 0.717) is 25.1 Å². The van der Waals surface area contributed by atoms with Crippen molar-refractivity contribution in [1.29, 1.82) is 0 Å². The maximum atomic E-state index is 14.3. The number of carbonyl (C=O) groups excluding carboxylic acids is 3. The van der Waals surface area contributed by atoms with Gasteiger partial charge in [0.1, 0.15) is 6.04 Å². The van der Waals surface area contributed by atoms with Crippen LogP contribution in [0.25, 0.3) is 0 Å². The summed E-state index contributed by atoms with van der Waals surface area (Å²) in [5, 5.41) is 16.6. The molecule has 0 radical (unpaired) electrons. The van der Waals surface area contributed by atoms with Gasteiger partial charge >= 0.3 is 0 Å². The molecule has 5 rings (SSSR count). The number of aliphatic hydroxyl groups is 1. The molecule has 2 unspecified atom stereocenters. The summed E-state index contributed by atoms with van der Waals surface area (Å²) in [6.07, 6.45) is 2.05. The summed E-state index contributed by atoms with van der Waals surface area (Å²) < 4.78 is -0.702.